The summed E-state index contributed by atoms with van der Waals surface area (Å²) in [6, 6.07) is 0.798. The van der Waals surface area contributed by atoms with Gasteiger partial charge in [-0.2, -0.15) is 0 Å². The highest BCUT2D eigenvalue weighted by Crippen LogP contribution is 2.25. The number of rotatable bonds is 5. The van der Waals surface area contributed by atoms with Gasteiger partial charge in [-0.15, -0.1) is 0 Å². The highest BCUT2D eigenvalue weighted by atomic mass is 15.3. The second-order valence-electron chi connectivity index (χ2n) is 3.27. The maximum Gasteiger partial charge on any atom is 0.203 e. The Kier molecular flexibility index (Phi) is 3.98. The van der Waals surface area contributed by atoms with Crippen molar-refractivity contribution in [1.29, 1.82) is 0 Å². The Hall–Kier alpha value is -0.810. The predicted octanol–water partition coefficient (Wildman–Crippen LogP) is -0.751. The molecule has 0 amide bonds. The second kappa shape index (κ2) is 5.04. The van der Waals surface area contributed by atoms with Crippen LogP contribution in [0.4, 0.5) is 0 Å². The highest BCUT2D eigenvalue weighted by Gasteiger charge is 2.26. The summed E-state index contributed by atoms with van der Waals surface area (Å²) in [7, 11) is 0. The molecule has 1 saturated carbocycles. The quantitative estimate of drug-likeness (QED) is 0.228. The van der Waals surface area contributed by atoms with Gasteiger partial charge in [-0.1, -0.05) is 6.92 Å². The van der Waals surface area contributed by atoms with E-state index in [1.54, 1.807) is 0 Å². The van der Waals surface area contributed by atoms with E-state index in [1.807, 2.05) is 0 Å². The number of nitrogens with one attached hydrogen (secondary N) is 1. The Morgan fingerprint density at radius 3 is 2.77 bits per heavy atom. The van der Waals surface area contributed by atoms with Crippen molar-refractivity contribution < 1.29 is 0 Å². The predicted molar refractivity (Wildman–Crippen MR) is 54.1 cm³/mol. The zero-order valence-corrected chi connectivity index (χ0v) is 8.16. The van der Waals surface area contributed by atoms with Crippen LogP contribution in [0, 0.1) is 0 Å². The third kappa shape index (κ3) is 3.61. The Morgan fingerprint density at radius 1 is 1.62 bits per heavy atom. The van der Waals surface area contributed by atoms with E-state index in [-0.39, 0.29) is 0 Å². The van der Waals surface area contributed by atoms with Crippen LogP contribution in [0.15, 0.2) is 4.99 Å². The standard InChI is InChI=1S/C8H19N5/c1-2-13(7-3-4-7)6-5-11-8(9)12-10/h7H,2-6,10H2,1H3,(H3,9,11,12). The smallest absolute Gasteiger partial charge is 0.203 e. The third-order valence-electron chi connectivity index (χ3n) is 2.29. The first kappa shape index (κ1) is 10.3. The Morgan fingerprint density at radius 2 is 2.31 bits per heavy atom. The second-order valence-corrected chi connectivity index (χ2v) is 3.27. The fraction of sp³-hybridized carbons (Fsp3) is 0.875. The molecule has 0 bridgehead atoms. The molecule has 0 aliphatic heterocycles. The lowest BCUT2D eigenvalue weighted by molar-refractivity contribution is 0.286. The summed E-state index contributed by atoms with van der Waals surface area (Å²) in [6.45, 7) is 4.96. The molecule has 0 spiro atoms. The van der Waals surface area contributed by atoms with Crippen molar-refractivity contribution in [3.63, 3.8) is 0 Å². The normalized spacial score (nSPS) is 17.9. The SMILES string of the molecule is CCN(CCN=C(N)NN)C1CC1. The van der Waals surface area contributed by atoms with E-state index in [4.69, 9.17) is 11.6 Å². The lowest BCUT2D eigenvalue weighted by Crippen LogP contribution is -2.38. The molecule has 1 rings (SSSR count). The van der Waals surface area contributed by atoms with Gasteiger partial charge in [0, 0.05) is 12.6 Å². The highest BCUT2D eigenvalue weighted by molar-refractivity contribution is 5.77. The Bertz CT molecular complexity index is 175. The van der Waals surface area contributed by atoms with Crippen LogP contribution in [0.3, 0.4) is 0 Å². The van der Waals surface area contributed by atoms with Crippen LogP contribution in [0.1, 0.15) is 19.8 Å². The summed E-state index contributed by atoms with van der Waals surface area (Å²) < 4.78 is 0. The van der Waals surface area contributed by atoms with Crippen LogP contribution in [0.5, 0.6) is 0 Å². The Labute approximate surface area is 79.1 Å². The molecular weight excluding hydrogens is 166 g/mol. The number of guanidine groups is 1. The minimum Gasteiger partial charge on any atom is -0.369 e. The van der Waals surface area contributed by atoms with E-state index in [9.17, 15) is 0 Å². The first-order valence-electron chi connectivity index (χ1n) is 4.78. The average molecular weight is 185 g/mol. The van der Waals surface area contributed by atoms with Crippen molar-refractivity contribution in [2.45, 2.75) is 25.8 Å². The van der Waals surface area contributed by atoms with Gasteiger partial charge in [-0.3, -0.25) is 15.3 Å². The van der Waals surface area contributed by atoms with Gasteiger partial charge in [0.1, 0.15) is 0 Å². The summed E-state index contributed by atoms with van der Waals surface area (Å²) in [5.74, 6) is 5.39. The summed E-state index contributed by atoms with van der Waals surface area (Å²) in [5, 5.41) is 0. The van der Waals surface area contributed by atoms with E-state index in [1.165, 1.54) is 12.8 Å². The molecule has 0 aromatic carbocycles. The van der Waals surface area contributed by atoms with Gasteiger partial charge in [0.15, 0.2) is 0 Å². The zero-order valence-electron chi connectivity index (χ0n) is 8.16. The number of hydrogen-bond acceptors (Lipinski definition) is 3. The van der Waals surface area contributed by atoms with Gasteiger partial charge >= 0.3 is 0 Å². The van der Waals surface area contributed by atoms with Crippen molar-refractivity contribution >= 4 is 5.96 Å². The first-order chi connectivity index (χ1) is 6.27. The minimum absolute atomic E-state index is 0.312. The molecule has 0 atom stereocenters. The van der Waals surface area contributed by atoms with Crippen LogP contribution in [0.2, 0.25) is 0 Å². The van der Waals surface area contributed by atoms with Gasteiger partial charge in [-0.25, -0.2) is 5.84 Å². The zero-order chi connectivity index (χ0) is 9.68. The molecule has 0 saturated heterocycles. The first-order valence-corrected chi connectivity index (χ1v) is 4.78. The van der Waals surface area contributed by atoms with E-state index in [2.05, 4.69) is 22.2 Å². The van der Waals surface area contributed by atoms with E-state index < -0.39 is 0 Å². The molecule has 13 heavy (non-hydrogen) atoms. The molecule has 76 valence electrons. The van der Waals surface area contributed by atoms with Gasteiger partial charge in [0.25, 0.3) is 0 Å². The monoisotopic (exact) mass is 185 g/mol. The summed E-state index contributed by atoms with van der Waals surface area (Å²) in [4.78, 5) is 6.48. The molecule has 1 fully saturated rings. The molecule has 1 aliphatic rings. The molecule has 0 heterocycles. The van der Waals surface area contributed by atoms with Crippen molar-refractivity contribution in [1.82, 2.24) is 10.3 Å². The van der Waals surface area contributed by atoms with E-state index in [0.29, 0.717) is 5.96 Å². The van der Waals surface area contributed by atoms with Crippen molar-refractivity contribution in [2.24, 2.45) is 16.6 Å². The van der Waals surface area contributed by atoms with Crippen LogP contribution >= 0.6 is 0 Å². The van der Waals surface area contributed by atoms with Crippen LogP contribution < -0.4 is 17.0 Å². The fourth-order valence-corrected chi connectivity index (χ4v) is 1.38. The number of hydrogen-bond donors (Lipinski definition) is 3. The Balaban J connectivity index is 2.15. The van der Waals surface area contributed by atoms with Gasteiger partial charge < -0.3 is 5.73 Å². The number of nitrogens with two attached hydrogens (primary N) is 2. The maximum absolute atomic E-state index is 5.39. The lowest BCUT2D eigenvalue weighted by atomic mass is 10.4. The molecule has 5 nitrogen and oxygen atoms in total. The van der Waals surface area contributed by atoms with E-state index >= 15 is 0 Å². The van der Waals surface area contributed by atoms with Gasteiger partial charge in [-0.05, 0) is 19.4 Å². The third-order valence-corrected chi connectivity index (χ3v) is 2.29. The molecular formula is C8H19N5. The topological polar surface area (TPSA) is 79.7 Å². The summed E-state index contributed by atoms with van der Waals surface area (Å²) >= 11 is 0. The molecule has 0 radical (unpaired) electrons. The summed E-state index contributed by atoms with van der Waals surface area (Å²) in [6.07, 6.45) is 2.67. The number of nitrogens with zero attached hydrogens (tertiary/aromatic N) is 2. The molecule has 5 N–H and O–H groups in total. The number of hydrazine groups is 1. The van der Waals surface area contributed by atoms with Gasteiger partial charge in [0.2, 0.25) is 5.96 Å². The molecule has 0 aromatic heterocycles. The largest absolute Gasteiger partial charge is 0.369 e. The minimum atomic E-state index is 0.312. The van der Waals surface area contributed by atoms with Crippen LogP contribution in [-0.2, 0) is 0 Å². The molecule has 5 heteroatoms. The molecule has 0 unspecified atom stereocenters. The number of aliphatic imine (C=N–C) groups is 1. The van der Waals surface area contributed by atoms with Crippen LogP contribution in [0.25, 0.3) is 0 Å². The maximum atomic E-state index is 5.39. The van der Waals surface area contributed by atoms with Crippen molar-refractivity contribution in [2.75, 3.05) is 19.6 Å². The van der Waals surface area contributed by atoms with Gasteiger partial charge in [0.05, 0.1) is 6.54 Å². The van der Waals surface area contributed by atoms with Crippen LogP contribution in [-0.4, -0.2) is 36.5 Å². The summed E-state index contributed by atoms with van der Waals surface area (Å²) in [5.41, 5.74) is 7.70. The van der Waals surface area contributed by atoms with Crippen molar-refractivity contribution in [3.05, 3.63) is 0 Å². The van der Waals surface area contributed by atoms with Crippen molar-refractivity contribution in [3.8, 4) is 0 Å². The average Bonchev–Trinajstić information content (AvgIpc) is 2.95. The fourth-order valence-electron chi connectivity index (χ4n) is 1.38. The molecule has 0 aromatic rings. The molecule has 1 aliphatic carbocycles. The number of likely N-dealkylation sites (N-methyl/N-ethyl adjacent to an activating group) is 1. The lowest BCUT2D eigenvalue weighted by Gasteiger charge is -2.18. The van der Waals surface area contributed by atoms with E-state index in [0.717, 1.165) is 25.7 Å².